The van der Waals surface area contributed by atoms with Crippen LogP contribution in [-0.4, -0.2) is 16.1 Å². The van der Waals surface area contributed by atoms with Crippen LogP contribution < -0.4 is 4.74 Å². The number of ether oxygens (including phenoxy) is 1. The summed E-state index contributed by atoms with van der Waals surface area (Å²) >= 11 is 1.45. The number of aryl methyl sites for hydroxylation is 3. The fourth-order valence-electron chi connectivity index (χ4n) is 1.42. The SMILES string of the molecule is Cc1ccc(C(=O)O)cc1Oc1nc(C)c(C)s1. The second-order valence-electron chi connectivity index (χ2n) is 4.01. The molecule has 2 aromatic rings. The van der Waals surface area contributed by atoms with Crippen LogP contribution >= 0.6 is 11.3 Å². The highest BCUT2D eigenvalue weighted by Gasteiger charge is 2.10. The zero-order chi connectivity index (χ0) is 13.3. The Hall–Kier alpha value is -1.88. The second kappa shape index (κ2) is 4.78. The smallest absolute Gasteiger partial charge is 0.335 e. The van der Waals surface area contributed by atoms with Crippen molar-refractivity contribution >= 4 is 17.3 Å². The van der Waals surface area contributed by atoms with Crippen LogP contribution in [0.4, 0.5) is 0 Å². The van der Waals surface area contributed by atoms with Gasteiger partial charge in [-0.3, -0.25) is 0 Å². The zero-order valence-electron chi connectivity index (χ0n) is 10.4. The number of carboxylic acid groups (broad SMARTS) is 1. The standard InChI is InChI=1S/C13H13NO3S/c1-7-4-5-10(12(15)16)6-11(7)17-13-14-8(2)9(3)18-13/h4-6H,1-3H3,(H,15,16). The van der Waals surface area contributed by atoms with E-state index in [1.165, 1.54) is 17.4 Å². The third-order valence-electron chi connectivity index (χ3n) is 2.64. The maximum absolute atomic E-state index is 10.9. The molecule has 0 aliphatic heterocycles. The molecular formula is C13H13NO3S. The van der Waals surface area contributed by atoms with E-state index in [9.17, 15) is 4.79 Å². The molecule has 94 valence electrons. The molecule has 1 aromatic heterocycles. The monoisotopic (exact) mass is 263 g/mol. The summed E-state index contributed by atoms with van der Waals surface area (Å²) in [6.07, 6.45) is 0. The topological polar surface area (TPSA) is 59.4 Å². The van der Waals surface area contributed by atoms with E-state index in [0.717, 1.165) is 16.1 Å². The Labute approximate surface area is 109 Å². The van der Waals surface area contributed by atoms with Crippen molar-refractivity contribution in [1.29, 1.82) is 0 Å². The lowest BCUT2D eigenvalue weighted by Gasteiger charge is -2.06. The Kier molecular flexibility index (Phi) is 3.34. The molecular weight excluding hydrogens is 250 g/mol. The van der Waals surface area contributed by atoms with Crippen molar-refractivity contribution in [1.82, 2.24) is 4.98 Å². The van der Waals surface area contributed by atoms with Crippen molar-refractivity contribution in [2.75, 3.05) is 0 Å². The van der Waals surface area contributed by atoms with E-state index >= 15 is 0 Å². The van der Waals surface area contributed by atoms with Crippen LogP contribution in [0.15, 0.2) is 18.2 Å². The molecule has 0 bridgehead atoms. The number of benzene rings is 1. The number of thiazole rings is 1. The van der Waals surface area contributed by atoms with Gasteiger partial charge in [0.1, 0.15) is 5.75 Å². The van der Waals surface area contributed by atoms with Crippen LogP contribution in [0.2, 0.25) is 0 Å². The van der Waals surface area contributed by atoms with Crippen molar-refractivity contribution in [2.45, 2.75) is 20.8 Å². The van der Waals surface area contributed by atoms with Crippen LogP contribution in [0.3, 0.4) is 0 Å². The molecule has 0 amide bonds. The first-order valence-corrected chi connectivity index (χ1v) is 6.25. The maximum Gasteiger partial charge on any atom is 0.335 e. The van der Waals surface area contributed by atoms with E-state index in [4.69, 9.17) is 9.84 Å². The molecule has 0 fully saturated rings. The minimum atomic E-state index is -0.966. The molecule has 18 heavy (non-hydrogen) atoms. The van der Waals surface area contributed by atoms with Gasteiger partial charge in [-0.05, 0) is 38.5 Å². The molecule has 1 N–H and O–H groups in total. The summed E-state index contributed by atoms with van der Waals surface area (Å²) in [6.45, 7) is 5.76. The molecule has 5 heteroatoms. The highest BCUT2D eigenvalue weighted by atomic mass is 32.1. The van der Waals surface area contributed by atoms with E-state index in [1.54, 1.807) is 12.1 Å². The van der Waals surface area contributed by atoms with Crippen LogP contribution in [-0.2, 0) is 0 Å². The average Bonchev–Trinajstić information content (AvgIpc) is 2.61. The lowest BCUT2D eigenvalue weighted by Crippen LogP contribution is -1.97. The van der Waals surface area contributed by atoms with Crippen LogP contribution in [0, 0.1) is 20.8 Å². The normalized spacial score (nSPS) is 10.4. The molecule has 0 radical (unpaired) electrons. The quantitative estimate of drug-likeness (QED) is 0.919. The second-order valence-corrected chi connectivity index (χ2v) is 5.17. The number of hydrogen-bond acceptors (Lipinski definition) is 4. The van der Waals surface area contributed by atoms with E-state index in [-0.39, 0.29) is 5.56 Å². The van der Waals surface area contributed by atoms with E-state index in [1.807, 2.05) is 20.8 Å². The van der Waals surface area contributed by atoms with Gasteiger partial charge >= 0.3 is 5.97 Å². The third kappa shape index (κ3) is 2.51. The van der Waals surface area contributed by atoms with Crippen molar-refractivity contribution in [3.63, 3.8) is 0 Å². The number of nitrogens with zero attached hydrogens (tertiary/aromatic N) is 1. The average molecular weight is 263 g/mol. The van der Waals surface area contributed by atoms with Gasteiger partial charge in [0.15, 0.2) is 0 Å². The first-order valence-electron chi connectivity index (χ1n) is 5.43. The molecule has 4 nitrogen and oxygen atoms in total. The molecule has 0 unspecified atom stereocenters. The number of carbonyl (C=O) groups is 1. The number of aromatic nitrogens is 1. The third-order valence-corrected chi connectivity index (χ3v) is 3.59. The van der Waals surface area contributed by atoms with Gasteiger partial charge in [0, 0.05) is 4.88 Å². The van der Waals surface area contributed by atoms with Gasteiger partial charge in [-0.15, -0.1) is 0 Å². The number of hydrogen-bond donors (Lipinski definition) is 1. The summed E-state index contributed by atoms with van der Waals surface area (Å²) in [5.74, 6) is -0.435. The van der Waals surface area contributed by atoms with E-state index in [0.29, 0.717) is 10.9 Å². The molecule has 1 aromatic carbocycles. The minimum Gasteiger partial charge on any atom is -0.478 e. The lowest BCUT2D eigenvalue weighted by molar-refractivity contribution is 0.0696. The van der Waals surface area contributed by atoms with Crippen LogP contribution in [0.5, 0.6) is 10.9 Å². The summed E-state index contributed by atoms with van der Waals surface area (Å²) in [5, 5.41) is 9.48. The molecule has 0 saturated carbocycles. The summed E-state index contributed by atoms with van der Waals surface area (Å²) in [4.78, 5) is 16.3. The van der Waals surface area contributed by atoms with Gasteiger partial charge in [0.2, 0.25) is 0 Å². The van der Waals surface area contributed by atoms with Crippen molar-refractivity contribution < 1.29 is 14.6 Å². The summed E-state index contributed by atoms with van der Waals surface area (Å²) < 4.78 is 5.65. The number of carboxylic acids is 1. The molecule has 0 atom stereocenters. The predicted octanol–water partition coefficient (Wildman–Crippen LogP) is 3.56. The minimum absolute atomic E-state index is 0.209. The van der Waals surface area contributed by atoms with Gasteiger partial charge < -0.3 is 9.84 Å². The molecule has 1 heterocycles. The molecule has 0 aliphatic rings. The molecule has 0 aliphatic carbocycles. The Morgan fingerprint density at radius 2 is 2.06 bits per heavy atom. The van der Waals surface area contributed by atoms with E-state index in [2.05, 4.69) is 4.98 Å². The van der Waals surface area contributed by atoms with Gasteiger partial charge in [0.25, 0.3) is 5.19 Å². The Morgan fingerprint density at radius 1 is 1.33 bits per heavy atom. The first-order chi connectivity index (χ1) is 8.47. The maximum atomic E-state index is 10.9. The summed E-state index contributed by atoms with van der Waals surface area (Å²) in [7, 11) is 0. The lowest BCUT2D eigenvalue weighted by atomic mass is 10.1. The van der Waals surface area contributed by atoms with Gasteiger partial charge in [0.05, 0.1) is 11.3 Å². The van der Waals surface area contributed by atoms with Crippen LogP contribution in [0.1, 0.15) is 26.5 Å². The molecule has 0 spiro atoms. The van der Waals surface area contributed by atoms with Gasteiger partial charge in [-0.1, -0.05) is 17.4 Å². The Balaban J connectivity index is 2.33. The van der Waals surface area contributed by atoms with Gasteiger partial charge in [-0.2, -0.15) is 0 Å². The largest absolute Gasteiger partial charge is 0.478 e. The van der Waals surface area contributed by atoms with Crippen molar-refractivity contribution in [3.05, 3.63) is 39.9 Å². The number of aromatic carboxylic acids is 1. The number of rotatable bonds is 3. The molecule has 0 saturated heterocycles. The fraction of sp³-hybridized carbons (Fsp3) is 0.231. The van der Waals surface area contributed by atoms with Crippen LogP contribution in [0.25, 0.3) is 0 Å². The first kappa shape index (κ1) is 12.6. The van der Waals surface area contributed by atoms with Crippen molar-refractivity contribution in [3.8, 4) is 10.9 Å². The predicted molar refractivity (Wildman–Crippen MR) is 69.8 cm³/mol. The Morgan fingerprint density at radius 3 is 2.61 bits per heavy atom. The summed E-state index contributed by atoms with van der Waals surface area (Å²) in [5.41, 5.74) is 2.02. The Bertz CT molecular complexity index is 585. The van der Waals surface area contributed by atoms with E-state index < -0.39 is 5.97 Å². The van der Waals surface area contributed by atoms with Crippen molar-refractivity contribution in [2.24, 2.45) is 0 Å². The highest BCUT2D eigenvalue weighted by Crippen LogP contribution is 2.30. The highest BCUT2D eigenvalue weighted by molar-refractivity contribution is 7.13. The fourth-order valence-corrected chi connectivity index (χ4v) is 2.19. The zero-order valence-corrected chi connectivity index (χ0v) is 11.2. The summed E-state index contributed by atoms with van der Waals surface area (Å²) in [6, 6.07) is 4.80. The molecule has 2 rings (SSSR count). The van der Waals surface area contributed by atoms with Gasteiger partial charge in [-0.25, -0.2) is 9.78 Å².